The predicted octanol–water partition coefficient (Wildman–Crippen LogP) is 2.03. The van der Waals surface area contributed by atoms with Crippen LogP contribution in [-0.4, -0.2) is 40.4 Å². The second-order valence-corrected chi connectivity index (χ2v) is 6.85. The Kier molecular flexibility index (Phi) is 5.23. The Morgan fingerprint density at radius 3 is 2.82 bits per heavy atom. The number of hydrogen-bond acceptors (Lipinski definition) is 5. The summed E-state index contributed by atoms with van der Waals surface area (Å²) < 4.78 is 7.84. The van der Waals surface area contributed by atoms with E-state index in [1.165, 1.54) is 5.56 Å². The molecule has 0 saturated heterocycles. The quantitative estimate of drug-likeness (QED) is 0.712. The van der Waals surface area contributed by atoms with E-state index >= 15 is 0 Å². The lowest BCUT2D eigenvalue weighted by Crippen LogP contribution is -2.47. The molecule has 0 radical (unpaired) electrons. The Morgan fingerprint density at radius 1 is 1.18 bits per heavy atom. The van der Waals surface area contributed by atoms with Crippen LogP contribution in [0.2, 0.25) is 0 Å². The number of para-hydroxylation sites is 2. The average Bonchev–Trinajstić information content (AvgIpc) is 3.18. The number of carbonyl (C=O) groups excluding carboxylic acids is 1. The molecule has 2 heterocycles. The number of carbonyl (C=O) groups is 1. The van der Waals surface area contributed by atoms with Crippen LogP contribution >= 0.6 is 0 Å². The van der Waals surface area contributed by atoms with Crippen molar-refractivity contribution in [2.45, 2.75) is 25.6 Å². The minimum Gasteiger partial charge on any atom is -0.477 e. The predicted molar refractivity (Wildman–Crippen MR) is 106 cm³/mol. The van der Waals surface area contributed by atoms with Crippen molar-refractivity contribution in [2.24, 2.45) is 0 Å². The molecule has 1 aliphatic heterocycles. The third-order valence-electron chi connectivity index (χ3n) is 4.88. The molecular weight excluding hydrogens is 354 g/mol. The van der Waals surface area contributed by atoms with E-state index in [1.807, 2.05) is 59.0 Å². The number of aromatic nitrogens is 3. The van der Waals surface area contributed by atoms with Crippen molar-refractivity contribution in [3.8, 4) is 5.75 Å². The molecule has 0 fully saturated rings. The first-order chi connectivity index (χ1) is 13.7. The molecule has 0 unspecified atom stereocenters. The number of amides is 1. The number of rotatable bonds is 6. The van der Waals surface area contributed by atoms with E-state index in [1.54, 1.807) is 6.33 Å². The largest absolute Gasteiger partial charge is 0.477 e. The second-order valence-electron chi connectivity index (χ2n) is 6.85. The van der Waals surface area contributed by atoms with E-state index in [-0.39, 0.29) is 5.91 Å². The highest BCUT2D eigenvalue weighted by atomic mass is 16.5. The lowest BCUT2D eigenvalue weighted by molar-refractivity contribution is -0.128. The minimum absolute atomic E-state index is 0.154. The number of anilines is 1. The molecule has 0 saturated carbocycles. The summed E-state index contributed by atoms with van der Waals surface area (Å²) in [6.45, 7) is 1.58. The molecule has 0 aliphatic carbocycles. The van der Waals surface area contributed by atoms with Crippen LogP contribution in [0.4, 0.5) is 5.69 Å². The third kappa shape index (κ3) is 3.98. The summed E-state index contributed by atoms with van der Waals surface area (Å²) in [5.74, 6) is 1.30. The molecule has 0 spiro atoms. The number of nitrogens with zero attached hydrogens (tertiary/aromatic N) is 4. The molecule has 1 amide bonds. The smallest absolute Gasteiger partial charge is 0.263 e. The van der Waals surface area contributed by atoms with Gasteiger partial charge in [0.25, 0.3) is 5.91 Å². The fourth-order valence-electron chi connectivity index (χ4n) is 3.32. The summed E-state index contributed by atoms with van der Waals surface area (Å²) in [7, 11) is 1.96. The van der Waals surface area contributed by atoms with Crippen LogP contribution in [0.1, 0.15) is 11.4 Å². The van der Waals surface area contributed by atoms with Gasteiger partial charge in [0.1, 0.15) is 12.1 Å². The summed E-state index contributed by atoms with van der Waals surface area (Å²) in [4.78, 5) is 14.7. The Labute approximate surface area is 164 Å². The van der Waals surface area contributed by atoms with E-state index in [0.717, 1.165) is 30.2 Å². The van der Waals surface area contributed by atoms with Gasteiger partial charge in [0.2, 0.25) is 0 Å². The summed E-state index contributed by atoms with van der Waals surface area (Å²) >= 11 is 0. The molecule has 2 aromatic carbocycles. The van der Waals surface area contributed by atoms with Gasteiger partial charge in [-0.1, -0.05) is 42.5 Å². The fourth-order valence-corrected chi connectivity index (χ4v) is 3.32. The number of aryl methyl sites for hydroxylation is 2. The zero-order valence-electron chi connectivity index (χ0n) is 15.8. The third-order valence-corrected chi connectivity index (χ3v) is 4.88. The molecule has 3 aromatic rings. The van der Waals surface area contributed by atoms with Gasteiger partial charge in [0, 0.05) is 13.6 Å². The summed E-state index contributed by atoms with van der Waals surface area (Å²) in [5, 5.41) is 11.1. The van der Waals surface area contributed by atoms with E-state index in [0.29, 0.717) is 13.1 Å². The molecule has 28 heavy (non-hydrogen) atoms. The molecule has 7 heteroatoms. The SMILES string of the molecule is CN1C[C@@H](C(=O)NCc2nncn2CCc2ccccc2)Oc2ccccc21. The molecule has 1 atom stereocenters. The zero-order chi connectivity index (χ0) is 19.3. The highest BCUT2D eigenvalue weighted by molar-refractivity contribution is 5.83. The number of benzene rings is 2. The topological polar surface area (TPSA) is 72.3 Å². The number of hydrogen-bond donors (Lipinski definition) is 1. The molecule has 144 valence electrons. The number of ether oxygens (including phenoxy) is 1. The van der Waals surface area contributed by atoms with E-state index < -0.39 is 6.10 Å². The van der Waals surface area contributed by atoms with Crippen LogP contribution in [0.5, 0.6) is 5.75 Å². The van der Waals surface area contributed by atoms with Gasteiger partial charge in [0.15, 0.2) is 11.9 Å². The van der Waals surface area contributed by atoms with Gasteiger partial charge in [-0.25, -0.2) is 0 Å². The summed E-state index contributed by atoms with van der Waals surface area (Å²) in [6, 6.07) is 18.0. The van der Waals surface area contributed by atoms with Crippen LogP contribution in [0.3, 0.4) is 0 Å². The van der Waals surface area contributed by atoms with E-state index in [4.69, 9.17) is 4.74 Å². The fraction of sp³-hybridized carbons (Fsp3) is 0.286. The second kappa shape index (κ2) is 8.12. The van der Waals surface area contributed by atoms with Crippen molar-refractivity contribution < 1.29 is 9.53 Å². The molecule has 4 rings (SSSR count). The first kappa shape index (κ1) is 18.0. The molecular formula is C21H23N5O2. The van der Waals surface area contributed by atoms with Crippen LogP contribution < -0.4 is 15.0 Å². The van der Waals surface area contributed by atoms with Gasteiger partial charge in [-0.3, -0.25) is 4.79 Å². The lowest BCUT2D eigenvalue weighted by Gasteiger charge is -2.32. The molecule has 1 aliphatic rings. The van der Waals surface area contributed by atoms with Crippen LogP contribution in [0, 0.1) is 0 Å². The molecule has 1 N–H and O–H groups in total. The maximum absolute atomic E-state index is 12.6. The van der Waals surface area contributed by atoms with Gasteiger partial charge in [-0.2, -0.15) is 0 Å². The van der Waals surface area contributed by atoms with Crippen molar-refractivity contribution in [1.82, 2.24) is 20.1 Å². The van der Waals surface area contributed by atoms with Crippen molar-refractivity contribution in [2.75, 3.05) is 18.5 Å². The Balaban J connectivity index is 1.34. The highest BCUT2D eigenvalue weighted by Crippen LogP contribution is 2.31. The highest BCUT2D eigenvalue weighted by Gasteiger charge is 2.28. The van der Waals surface area contributed by atoms with Gasteiger partial charge in [-0.05, 0) is 24.1 Å². The lowest BCUT2D eigenvalue weighted by atomic mass is 10.1. The maximum Gasteiger partial charge on any atom is 0.263 e. The Bertz CT molecular complexity index is 941. The number of nitrogens with one attached hydrogen (secondary N) is 1. The zero-order valence-corrected chi connectivity index (χ0v) is 15.8. The van der Waals surface area contributed by atoms with Crippen LogP contribution in [0.25, 0.3) is 0 Å². The van der Waals surface area contributed by atoms with Crippen molar-refractivity contribution >= 4 is 11.6 Å². The normalized spacial score (nSPS) is 15.6. The summed E-state index contributed by atoms with van der Waals surface area (Å²) in [6.07, 6.45) is 2.03. The van der Waals surface area contributed by atoms with Crippen molar-refractivity contribution in [3.05, 3.63) is 72.3 Å². The maximum atomic E-state index is 12.6. The Hall–Kier alpha value is -3.35. The average molecular weight is 377 g/mol. The standard InChI is InChI=1S/C21H23N5O2/c1-25-14-19(28-18-10-6-5-9-17(18)25)21(27)22-13-20-24-23-15-26(20)12-11-16-7-3-2-4-8-16/h2-10,15,19H,11-14H2,1H3,(H,22,27)/t19-/m0/s1. The first-order valence-electron chi connectivity index (χ1n) is 9.36. The van der Waals surface area contributed by atoms with Gasteiger partial charge in [0.05, 0.1) is 18.8 Å². The van der Waals surface area contributed by atoms with Gasteiger partial charge >= 0.3 is 0 Å². The number of fused-ring (bicyclic) bond motifs is 1. The van der Waals surface area contributed by atoms with E-state index in [9.17, 15) is 4.79 Å². The van der Waals surface area contributed by atoms with Crippen LogP contribution in [0.15, 0.2) is 60.9 Å². The van der Waals surface area contributed by atoms with Crippen molar-refractivity contribution in [1.29, 1.82) is 0 Å². The van der Waals surface area contributed by atoms with Crippen LogP contribution in [-0.2, 0) is 24.3 Å². The van der Waals surface area contributed by atoms with Crippen molar-refractivity contribution in [3.63, 3.8) is 0 Å². The molecule has 0 bridgehead atoms. The summed E-state index contributed by atoms with van der Waals surface area (Å²) in [5.41, 5.74) is 2.25. The molecule has 1 aromatic heterocycles. The Morgan fingerprint density at radius 2 is 1.96 bits per heavy atom. The number of likely N-dealkylation sites (N-methyl/N-ethyl adjacent to an activating group) is 1. The minimum atomic E-state index is -0.555. The first-order valence-corrected chi connectivity index (χ1v) is 9.36. The van der Waals surface area contributed by atoms with Gasteiger partial charge < -0.3 is 19.5 Å². The van der Waals surface area contributed by atoms with E-state index in [2.05, 4.69) is 27.6 Å². The monoisotopic (exact) mass is 377 g/mol. The molecule has 7 nitrogen and oxygen atoms in total. The van der Waals surface area contributed by atoms with Gasteiger partial charge in [-0.15, -0.1) is 10.2 Å².